The van der Waals surface area contributed by atoms with Crippen LogP contribution in [0.2, 0.25) is 10.0 Å². The predicted octanol–water partition coefficient (Wildman–Crippen LogP) is 6.08. The van der Waals surface area contributed by atoms with Gasteiger partial charge in [0.2, 0.25) is 0 Å². The molecule has 168 valence electrons. The number of hydrogen-bond acceptors (Lipinski definition) is 3. The highest BCUT2D eigenvalue weighted by Crippen LogP contribution is 2.66. The summed E-state index contributed by atoms with van der Waals surface area (Å²) >= 11 is 12.1. The molecule has 0 N–H and O–H groups in total. The molecule has 2 fully saturated rings. The lowest BCUT2D eigenvalue weighted by molar-refractivity contribution is -1.03. The molecule has 2 aromatic carbocycles. The molecule has 2 saturated heterocycles. The third-order valence-electron chi connectivity index (χ3n) is 7.84. The fourth-order valence-corrected chi connectivity index (χ4v) is 6.92. The Kier molecular flexibility index (Phi) is 4.51. The zero-order chi connectivity index (χ0) is 23.2. The molecule has 33 heavy (non-hydrogen) atoms. The van der Waals surface area contributed by atoms with E-state index < -0.39 is 5.82 Å². The third-order valence-corrected chi connectivity index (χ3v) is 8.50. The van der Waals surface area contributed by atoms with Crippen LogP contribution in [0.25, 0.3) is 11.3 Å². The normalized spacial score (nSPS) is 28.9. The van der Waals surface area contributed by atoms with E-state index >= 15 is 0 Å². The van der Waals surface area contributed by atoms with Crippen molar-refractivity contribution in [2.24, 2.45) is 5.92 Å². The summed E-state index contributed by atoms with van der Waals surface area (Å²) in [6.45, 7) is 3.97. The second kappa shape index (κ2) is 7.05. The number of halogens is 4. The first-order chi connectivity index (χ1) is 15.7. The van der Waals surface area contributed by atoms with Gasteiger partial charge in [0.25, 0.3) is 0 Å². The quantitative estimate of drug-likeness (QED) is 0.325. The van der Waals surface area contributed by atoms with E-state index in [1.807, 2.05) is 6.92 Å². The summed E-state index contributed by atoms with van der Waals surface area (Å²) in [5, 5.41) is -0.332. The van der Waals surface area contributed by atoms with Gasteiger partial charge in [-0.25, -0.2) is 28.0 Å². The van der Waals surface area contributed by atoms with Gasteiger partial charge in [-0.05, 0) is 43.3 Å². The van der Waals surface area contributed by atoms with Gasteiger partial charge in [-0.3, -0.25) is 0 Å². The number of aromatic nitrogens is 2. The maximum absolute atomic E-state index is 14.4. The maximum atomic E-state index is 14.4. The molecule has 4 heterocycles. The van der Waals surface area contributed by atoms with Crippen molar-refractivity contribution in [1.29, 1.82) is 0 Å². The van der Waals surface area contributed by atoms with E-state index in [1.54, 1.807) is 12.1 Å². The topological polar surface area (TPSA) is 42.9 Å². The maximum Gasteiger partial charge on any atom is 0.348 e. The molecule has 4 nitrogen and oxygen atoms in total. The van der Waals surface area contributed by atoms with Crippen LogP contribution in [0.15, 0.2) is 36.4 Å². The summed E-state index contributed by atoms with van der Waals surface area (Å²) in [6.07, 6.45) is 1.52. The molecular weight excluding hydrogens is 467 g/mol. The summed E-state index contributed by atoms with van der Waals surface area (Å²) < 4.78 is 28.2. The third kappa shape index (κ3) is 2.63. The lowest BCUT2D eigenvalue weighted by atomic mass is 9.58. The fourth-order valence-electron chi connectivity index (χ4n) is 6.47. The summed E-state index contributed by atoms with van der Waals surface area (Å²) in [5.74, 6) is -0.416. The van der Waals surface area contributed by atoms with E-state index in [0.29, 0.717) is 12.2 Å². The summed E-state index contributed by atoms with van der Waals surface area (Å²) in [6, 6.07) is 9.24. The number of amides is 1. The van der Waals surface area contributed by atoms with E-state index in [0.717, 1.165) is 28.9 Å². The summed E-state index contributed by atoms with van der Waals surface area (Å²) in [4.78, 5) is 23.4. The average molecular weight is 487 g/mol. The Hall–Kier alpha value is -2.41. The highest BCUT2D eigenvalue weighted by atomic mass is 35.5. The highest BCUT2D eigenvalue weighted by Gasteiger charge is 2.78. The fraction of sp³-hybridized carbons (Fsp3) is 0.320. The van der Waals surface area contributed by atoms with Crippen LogP contribution in [-0.4, -0.2) is 32.4 Å². The number of rotatable bonds is 2. The number of carbonyl (C=O) groups is 1. The van der Waals surface area contributed by atoms with Crippen molar-refractivity contribution in [2.45, 2.75) is 44.8 Å². The molecule has 1 aromatic heterocycles. The number of hydrogen-bond donors (Lipinski definition) is 0. The first kappa shape index (κ1) is 21.1. The van der Waals surface area contributed by atoms with Crippen molar-refractivity contribution in [1.82, 2.24) is 9.97 Å². The van der Waals surface area contributed by atoms with Gasteiger partial charge in [0.1, 0.15) is 41.0 Å². The van der Waals surface area contributed by atoms with Gasteiger partial charge in [0.15, 0.2) is 5.82 Å². The lowest BCUT2D eigenvalue weighted by Crippen LogP contribution is -2.87. The number of carbonyl (C=O) groups excluding carboxylic acids is 1. The van der Waals surface area contributed by atoms with E-state index in [1.165, 1.54) is 24.3 Å². The largest absolute Gasteiger partial charge is 0.348 e. The second-order valence-corrected chi connectivity index (χ2v) is 10.1. The molecule has 3 aromatic rings. The molecule has 0 aliphatic carbocycles. The SMILES string of the molecule is Cc1nc(-c2ccc(F)cc2)c2c(n1)[C@H]1[C@H](C)C3C[C@@H](C2)[N+]31C(=O)c1ccc(Cl)c(F)c1Cl. The van der Waals surface area contributed by atoms with Gasteiger partial charge in [-0.15, -0.1) is 0 Å². The number of fused-ring (bicyclic) bond motifs is 2. The zero-order valence-electron chi connectivity index (χ0n) is 17.9. The van der Waals surface area contributed by atoms with Crippen molar-refractivity contribution >= 4 is 29.1 Å². The number of quaternary nitrogens is 1. The molecule has 0 spiro atoms. The Balaban J connectivity index is 1.51. The Morgan fingerprint density at radius 1 is 1.09 bits per heavy atom. The minimum Gasteiger partial charge on any atom is -0.242 e. The van der Waals surface area contributed by atoms with Crippen molar-refractivity contribution in [2.75, 3.05) is 0 Å². The van der Waals surface area contributed by atoms with E-state index in [9.17, 15) is 13.6 Å². The van der Waals surface area contributed by atoms with Crippen LogP contribution in [0.4, 0.5) is 8.78 Å². The molecule has 5 atom stereocenters. The molecule has 8 heteroatoms. The minimum atomic E-state index is -0.768. The molecule has 3 aliphatic rings. The van der Waals surface area contributed by atoms with Crippen molar-refractivity contribution in [3.05, 3.63) is 80.7 Å². The number of piperidine rings is 1. The molecule has 0 bridgehead atoms. The molecule has 0 saturated carbocycles. The molecule has 1 amide bonds. The second-order valence-electron chi connectivity index (χ2n) is 9.32. The Labute approximate surface area is 199 Å². The average Bonchev–Trinajstić information content (AvgIpc) is 2.77. The van der Waals surface area contributed by atoms with Crippen LogP contribution < -0.4 is 0 Å². The van der Waals surface area contributed by atoms with E-state index in [4.69, 9.17) is 33.2 Å². The van der Waals surface area contributed by atoms with Crippen molar-refractivity contribution < 1.29 is 18.1 Å². The van der Waals surface area contributed by atoms with Crippen LogP contribution in [0.1, 0.15) is 46.8 Å². The standard InChI is InChI=1S/C25H20Cl2F2N3O/c1-11-19-10-15-9-17-22(13-3-5-14(28)6-4-13)30-12(2)31-23(17)24(11)32(15,19)25(33)16-7-8-18(26)21(29)20(16)27/h3-8,11,15,19,24H,9-10H2,1-2H3/q+1/t11-,15-,19?,24-,32?/m1/s1. The molecule has 6 rings (SSSR count). The van der Waals surface area contributed by atoms with Gasteiger partial charge >= 0.3 is 5.91 Å². The Morgan fingerprint density at radius 3 is 2.55 bits per heavy atom. The van der Waals surface area contributed by atoms with Gasteiger partial charge in [-0.1, -0.05) is 30.1 Å². The smallest absolute Gasteiger partial charge is 0.242 e. The monoisotopic (exact) mass is 486 g/mol. The first-order valence-electron chi connectivity index (χ1n) is 10.9. The summed E-state index contributed by atoms with van der Waals surface area (Å²) in [7, 11) is 0. The van der Waals surface area contributed by atoms with Gasteiger partial charge in [0, 0.05) is 17.5 Å². The molecule has 0 radical (unpaired) electrons. The zero-order valence-corrected chi connectivity index (χ0v) is 19.5. The highest BCUT2D eigenvalue weighted by molar-refractivity contribution is 6.36. The van der Waals surface area contributed by atoms with Crippen LogP contribution in [0.3, 0.4) is 0 Å². The molecular formula is C25H20Cl2F2N3O+. The predicted molar refractivity (Wildman–Crippen MR) is 121 cm³/mol. The van der Waals surface area contributed by atoms with Crippen LogP contribution in [-0.2, 0) is 6.42 Å². The summed E-state index contributed by atoms with van der Waals surface area (Å²) in [5.41, 5.74) is 3.66. The van der Waals surface area contributed by atoms with Crippen LogP contribution in [0, 0.1) is 24.5 Å². The van der Waals surface area contributed by atoms with Crippen LogP contribution >= 0.6 is 23.2 Å². The van der Waals surface area contributed by atoms with Crippen molar-refractivity contribution in [3.8, 4) is 11.3 Å². The van der Waals surface area contributed by atoms with E-state index in [-0.39, 0.29) is 55.9 Å². The lowest BCUT2D eigenvalue weighted by Gasteiger charge is -2.72. The van der Waals surface area contributed by atoms with Gasteiger partial charge in [-0.2, -0.15) is 0 Å². The number of aryl methyl sites for hydroxylation is 1. The Bertz CT molecular complexity index is 1350. The van der Waals surface area contributed by atoms with Crippen molar-refractivity contribution in [3.63, 3.8) is 0 Å². The molecule has 3 aliphatic heterocycles. The van der Waals surface area contributed by atoms with E-state index in [2.05, 4.69) is 6.92 Å². The van der Waals surface area contributed by atoms with Crippen LogP contribution in [0.5, 0.6) is 0 Å². The molecule has 2 unspecified atom stereocenters. The minimum absolute atomic E-state index is 0.0384. The van der Waals surface area contributed by atoms with Gasteiger partial charge < -0.3 is 0 Å². The first-order valence-corrected chi connectivity index (χ1v) is 11.7. The van der Waals surface area contributed by atoms with Gasteiger partial charge in [0.05, 0.1) is 28.1 Å². The number of nitrogens with zero attached hydrogens (tertiary/aromatic N) is 3. The number of benzene rings is 2. The Morgan fingerprint density at radius 2 is 1.82 bits per heavy atom.